The third kappa shape index (κ3) is 4.90. The van der Waals surface area contributed by atoms with Crippen molar-refractivity contribution in [2.45, 2.75) is 12.0 Å². The third-order valence-corrected chi connectivity index (χ3v) is 6.77. The van der Waals surface area contributed by atoms with Crippen molar-refractivity contribution in [1.29, 1.82) is 0 Å². The molecule has 188 valence electrons. The minimum atomic E-state index is -0.907. The molecule has 1 aliphatic rings. The van der Waals surface area contributed by atoms with Crippen molar-refractivity contribution in [2.24, 2.45) is 4.99 Å². The standard InChI is InChI=1S/C32H33N3O2/c1-34(2)27-18-14-25(15-19-27)32(26-16-20-28(21-17-26)35(3)4)29-12-8-9-13-30(29)36-31(37-32)33-23-22-24-10-6-5-7-11-24/h5-21H,22-23H2,1-4H3. The van der Waals surface area contributed by atoms with E-state index in [1.54, 1.807) is 0 Å². The van der Waals surface area contributed by atoms with E-state index in [9.17, 15) is 0 Å². The van der Waals surface area contributed by atoms with Gasteiger partial charge < -0.3 is 19.3 Å². The van der Waals surface area contributed by atoms with Crippen LogP contribution in [0.15, 0.2) is 108 Å². The van der Waals surface area contributed by atoms with Crippen LogP contribution in [-0.4, -0.2) is 40.8 Å². The zero-order chi connectivity index (χ0) is 25.8. The van der Waals surface area contributed by atoms with E-state index < -0.39 is 5.60 Å². The summed E-state index contributed by atoms with van der Waals surface area (Å²) in [6.07, 6.45) is 1.09. The second kappa shape index (κ2) is 10.4. The van der Waals surface area contributed by atoms with Crippen molar-refractivity contribution in [3.63, 3.8) is 0 Å². The molecule has 4 aromatic carbocycles. The maximum atomic E-state index is 6.81. The van der Waals surface area contributed by atoms with Gasteiger partial charge in [-0.25, -0.2) is 4.99 Å². The number of nitrogens with zero attached hydrogens (tertiary/aromatic N) is 3. The quantitative estimate of drug-likeness (QED) is 0.312. The molecule has 0 bridgehead atoms. The number of aliphatic imine (C=N–C) groups is 1. The Balaban J connectivity index is 1.62. The van der Waals surface area contributed by atoms with E-state index in [0.717, 1.165) is 40.2 Å². The van der Waals surface area contributed by atoms with E-state index in [1.807, 2.05) is 64.6 Å². The fraction of sp³-hybridized carbons (Fsp3) is 0.219. The molecule has 0 aromatic heterocycles. The molecule has 4 aromatic rings. The summed E-state index contributed by atoms with van der Waals surface area (Å²) in [7, 11) is 8.18. The van der Waals surface area contributed by atoms with E-state index in [4.69, 9.17) is 14.5 Å². The monoisotopic (exact) mass is 491 g/mol. The number of fused-ring (bicyclic) bond motifs is 1. The number of hydrogen-bond acceptors (Lipinski definition) is 5. The van der Waals surface area contributed by atoms with Gasteiger partial charge in [0.15, 0.2) is 5.60 Å². The summed E-state index contributed by atoms with van der Waals surface area (Å²) in [6, 6.07) is 35.5. The first-order chi connectivity index (χ1) is 18.0. The molecule has 0 atom stereocenters. The molecule has 0 amide bonds. The second-order valence-corrected chi connectivity index (χ2v) is 9.65. The van der Waals surface area contributed by atoms with Crippen molar-refractivity contribution < 1.29 is 9.47 Å². The Morgan fingerprint density at radius 1 is 0.649 bits per heavy atom. The fourth-order valence-corrected chi connectivity index (χ4v) is 4.72. The lowest BCUT2D eigenvalue weighted by Gasteiger charge is -2.40. The van der Waals surface area contributed by atoms with Gasteiger partial charge in [0.1, 0.15) is 5.75 Å². The highest BCUT2D eigenvalue weighted by atomic mass is 16.7. The highest BCUT2D eigenvalue weighted by Crippen LogP contribution is 2.47. The third-order valence-electron chi connectivity index (χ3n) is 6.77. The van der Waals surface area contributed by atoms with Crippen LogP contribution in [0, 0.1) is 0 Å². The number of rotatable bonds is 7. The van der Waals surface area contributed by atoms with Gasteiger partial charge in [0.05, 0.1) is 6.54 Å². The topological polar surface area (TPSA) is 37.3 Å². The predicted molar refractivity (Wildman–Crippen MR) is 152 cm³/mol. The fourth-order valence-electron chi connectivity index (χ4n) is 4.72. The Hall–Kier alpha value is -4.25. The molecule has 0 fully saturated rings. The van der Waals surface area contributed by atoms with Crippen molar-refractivity contribution in [3.8, 4) is 5.75 Å². The van der Waals surface area contributed by atoms with Crippen LogP contribution in [0.4, 0.5) is 11.4 Å². The molecule has 0 unspecified atom stereocenters. The lowest BCUT2D eigenvalue weighted by molar-refractivity contribution is 0.0820. The Kier molecular flexibility index (Phi) is 6.87. The highest BCUT2D eigenvalue weighted by molar-refractivity contribution is 5.77. The van der Waals surface area contributed by atoms with Crippen LogP contribution in [0.3, 0.4) is 0 Å². The minimum Gasteiger partial charge on any atom is -0.429 e. The van der Waals surface area contributed by atoms with E-state index in [1.165, 1.54) is 5.56 Å². The maximum absolute atomic E-state index is 6.81. The van der Waals surface area contributed by atoms with Crippen LogP contribution in [0.5, 0.6) is 5.75 Å². The molecule has 0 aliphatic carbocycles. The molecule has 1 heterocycles. The maximum Gasteiger partial charge on any atom is 0.390 e. The molecule has 5 rings (SSSR count). The van der Waals surface area contributed by atoms with E-state index in [0.29, 0.717) is 6.54 Å². The molecule has 0 N–H and O–H groups in total. The first-order valence-corrected chi connectivity index (χ1v) is 12.6. The zero-order valence-electron chi connectivity index (χ0n) is 21.9. The Morgan fingerprint density at radius 2 is 1.19 bits per heavy atom. The van der Waals surface area contributed by atoms with Crippen molar-refractivity contribution in [1.82, 2.24) is 0 Å². The molecular weight excluding hydrogens is 458 g/mol. The summed E-state index contributed by atoms with van der Waals surface area (Å²) < 4.78 is 13.0. The normalized spacial score (nSPS) is 14.9. The van der Waals surface area contributed by atoms with Gasteiger partial charge in [0.25, 0.3) is 0 Å². The number of anilines is 2. The lowest BCUT2D eigenvalue weighted by atomic mass is 9.79. The summed E-state index contributed by atoms with van der Waals surface area (Å²) in [4.78, 5) is 8.96. The number of hydrogen-bond donors (Lipinski definition) is 0. The molecule has 0 saturated heterocycles. The van der Waals surface area contributed by atoms with E-state index in [-0.39, 0.29) is 6.08 Å². The first-order valence-electron chi connectivity index (χ1n) is 12.6. The van der Waals surface area contributed by atoms with Crippen LogP contribution in [0.1, 0.15) is 22.3 Å². The molecule has 0 saturated carbocycles. The number of ether oxygens (including phenoxy) is 2. The van der Waals surface area contributed by atoms with Gasteiger partial charge in [0, 0.05) is 56.3 Å². The van der Waals surface area contributed by atoms with Crippen molar-refractivity contribution in [3.05, 3.63) is 125 Å². The van der Waals surface area contributed by atoms with E-state index in [2.05, 4.69) is 76.5 Å². The SMILES string of the molecule is CN(C)c1ccc(C2(c3ccc(N(C)C)cc3)OC(=NCCc3ccccc3)Oc3ccccc32)cc1. The zero-order valence-corrected chi connectivity index (χ0v) is 21.9. The van der Waals surface area contributed by atoms with Gasteiger partial charge in [-0.2, -0.15) is 0 Å². The molecule has 5 heteroatoms. The van der Waals surface area contributed by atoms with Crippen LogP contribution in [0.2, 0.25) is 0 Å². The average Bonchev–Trinajstić information content (AvgIpc) is 2.93. The van der Waals surface area contributed by atoms with Crippen molar-refractivity contribution in [2.75, 3.05) is 44.5 Å². The summed E-state index contributed by atoms with van der Waals surface area (Å²) in [5.74, 6) is 0.751. The highest BCUT2D eigenvalue weighted by Gasteiger charge is 2.46. The van der Waals surface area contributed by atoms with Crippen molar-refractivity contribution >= 4 is 17.5 Å². The van der Waals surface area contributed by atoms with Gasteiger partial charge in [-0.05, 0) is 42.3 Å². The molecule has 5 nitrogen and oxygen atoms in total. The van der Waals surface area contributed by atoms with E-state index >= 15 is 0 Å². The number of benzene rings is 4. The van der Waals surface area contributed by atoms with Crippen LogP contribution < -0.4 is 14.5 Å². The molecule has 37 heavy (non-hydrogen) atoms. The largest absolute Gasteiger partial charge is 0.429 e. The Morgan fingerprint density at radius 3 is 1.76 bits per heavy atom. The number of para-hydroxylation sites is 1. The van der Waals surface area contributed by atoms with Gasteiger partial charge >= 0.3 is 6.08 Å². The Labute approximate surface area is 219 Å². The molecule has 0 spiro atoms. The van der Waals surface area contributed by atoms with Gasteiger partial charge in [0.2, 0.25) is 0 Å². The summed E-state index contributed by atoms with van der Waals surface area (Å²) in [6.45, 7) is 0.566. The van der Waals surface area contributed by atoms with Gasteiger partial charge in [-0.1, -0.05) is 72.8 Å². The average molecular weight is 492 g/mol. The summed E-state index contributed by atoms with van der Waals surface area (Å²) in [5, 5.41) is 0. The lowest BCUT2D eigenvalue weighted by Crippen LogP contribution is -2.41. The van der Waals surface area contributed by atoms with Crippen LogP contribution >= 0.6 is 0 Å². The minimum absolute atomic E-state index is 0.281. The van der Waals surface area contributed by atoms with Crippen LogP contribution in [0.25, 0.3) is 0 Å². The Bertz CT molecular complexity index is 1310. The van der Waals surface area contributed by atoms with Crippen LogP contribution in [-0.2, 0) is 16.8 Å². The molecule has 0 radical (unpaired) electrons. The summed E-state index contributed by atoms with van der Waals surface area (Å²) >= 11 is 0. The summed E-state index contributed by atoms with van der Waals surface area (Å²) in [5.41, 5.74) is 5.55. The molecular formula is C32H33N3O2. The molecule has 1 aliphatic heterocycles. The predicted octanol–water partition coefficient (Wildman–Crippen LogP) is 6.12. The second-order valence-electron chi connectivity index (χ2n) is 9.65. The smallest absolute Gasteiger partial charge is 0.390 e. The van der Waals surface area contributed by atoms with Gasteiger partial charge in [-0.15, -0.1) is 0 Å². The van der Waals surface area contributed by atoms with Gasteiger partial charge in [-0.3, -0.25) is 0 Å². The first kappa shape index (κ1) is 24.4.